The van der Waals surface area contributed by atoms with Crippen LogP contribution in [0.25, 0.3) is 0 Å². The predicted octanol–water partition coefficient (Wildman–Crippen LogP) is 2.67. The highest BCUT2D eigenvalue weighted by atomic mass is 16.6. The van der Waals surface area contributed by atoms with E-state index in [2.05, 4.69) is 0 Å². The van der Waals surface area contributed by atoms with Crippen molar-refractivity contribution in [3.63, 3.8) is 0 Å². The number of likely N-dealkylation sites (tertiary alicyclic amines) is 1. The lowest BCUT2D eigenvalue weighted by Crippen LogP contribution is -2.48. The molecule has 4 amide bonds. The smallest absolute Gasteiger partial charge is 0.332 e. The molecule has 2 saturated heterocycles. The van der Waals surface area contributed by atoms with Crippen LogP contribution in [0.15, 0.2) is 54.6 Å². The highest BCUT2D eigenvalue weighted by molar-refractivity contribution is 6.19. The minimum absolute atomic E-state index is 0.0364. The number of hydrogen-bond acceptors (Lipinski definition) is 5. The van der Waals surface area contributed by atoms with Gasteiger partial charge in [-0.05, 0) is 37.1 Å². The van der Waals surface area contributed by atoms with Crippen LogP contribution in [-0.2, 0) is 4.79 Å². The fourth-order valence-electron chi connectivity index (χ4n) is 3.92. The molecule has 0 aliphatic carbocycles. The first-order chi connectivity index (χ1) is 14.5. The van der Waals surface area contributed by atoms with E-state index >= 15 is 0 Å². The Bertz CT molecular complexity index is 984. The lowest BCUT2D eigenvalue weighted by atomic mass is 10.0. The summed E-state index contributed by atoms with van der Waals surface area (Å²) in [6, 6.07) is 13.9. The fourth-order valence-corrected chi connectivity index (χ4v) is 3.92. The second kappa shape index (κ2) is 7.94. The second-order valence-electron chi connectivity index (χ2n) is 7.30. The van der Waals surface area contributed by atoms with E-state index in [1.165, 1.54) is 29.2 Å². The fraction of sp³-hybridized carbons (Fsp3) is 0.286. The molecule has 9 nitrogen and oxygen atoms in total. The first kappa shape index (κ1) is 19.6. The average molecular weight is 408 g/mol. The molecule has 2 aliphatic heterocycles. The molecule has 0 N–H and O–H groups in total. The Kier molecular flexibility index (Phi) is 5.18. The van der Waals surface area contributed by atoms with Gasteiger partial charge < -0.3 is 9.80 Å². The molecule has 0 aromatic heterocycles. The van der Waals surface area contributed by atoms with Crippen molar-refractivity contribution in [3.8, 4) is 0 Å². The van der Waals surface area contributed by atoms with Crippen LogP contribution < -0.4 is 4.90 Å². The zero-order valence-electron chi connectivity index (χ0n) is 16.1. The number of rotatable bonds is 4. The number of imide groups is 1. The normalized spacial score (nSPS) is 17.5. The van der Waals surface area contributed by atoms with E-state index in [0.717, 1.165) is 0 Å². The van der Waals surface area contributed by atoms with E-state index in [-0.39, 0.29) is 36.1 Å². The molecule has 2 aromatic rings. The maximum Gasteiger partial charge on any atom is 0.332 e. The highest BCUT2D eigenvalue weighted by Gasteiger charge is 2.41. The number of piperidine rings is 1. The zero-order chi connectivity index (χ0) is 21.3. The largest absolute Gasteiger partial charge is 0.338 e. The summed E-state index contributed by atoms with van der Waals surface area (Å²) < 4.78 is 0. The molecule has 30 heavy (non-hydrogen) atoms. The van der Waals surface area contributed by atoms with Gasteiger partial charge in [-0.1, -0.05) is 18.2 Å². The number of carbonyl (C=O) groups excluding carboxylic acids is 3. The number of amides is 4. The summed E-state index contributed by atoms with van der Waals surface area (Å²) in [4.78, 5) is 52.6. The van der Waals surface area contributed by atoms with Crippen LogP contribution in [0, 0.1) is 10.1 Å². The third kappa shape index (κ3) is 3.61. The van der Waals surface area contributed by atoms with E-state index in [1.807, 2.05) is 6.07 Å². The lowest BCUT2D eigenvalue weighted by Gasteiger charge is -2.36. The van der Waals surface area contributed by atoms with E-state index in [1.54, 1.807) is 34.1 Å². The van der Waals surface area contributed by atoms with Crippen LogP contribution in [0.1, 0.15) is 23.2 Å². The maximum atomic E-state index is 12.8. The Labute approximate surface area is 172 Å². The van der Waals surface area contributed by atoms with Gasteiger partial charge in [0.05, 0.1) is 10.6 Å². The number of nitrogens with zero attached hydrogens (tertiary/aromatic N) is 4. The van der Waals surface area contributed by atoms with Crippen molar-refractivity contribution < 1.29 is 19.3 Å². The van der Waals surface area contributed by atoms with Gasteiger partial charge in [0.2, 0.25) is 0 Å². The Morgan fingerprint density at radius 3 is 2.20 bits per heavy atom. The number of nitro groups is 1. The Balaban J connectivity index is 1.38. The standard InChI is InChI=1S/C21H20N4O5/c26-19-14-23(21(28)24(19)17-4-2-1-3-5-17)16-10-12-22(13-11-16)20(27)15-6-8-18(9-7-15)25(29)30/h1-9,16H,10-14H2. The average Bonchev–Trinajstić information content (AvgIpc) is 3.08. The molecule has 154 valence electrons. The number of non-ortho nitro benzene ring substituents is 1. The number of carbonyl (C=O) groups is 3. The van der Waals surface area contributed by atoms with Gasteiger partial charge in [-0.2, -0.15) is 0 Å². The van der Waals surface area contributed by atoms with Gasteiger partial charge >= 0.3 is 6.03 Å². The summed E-state index contributed by atoms with van der Waals surface area (Å²) in [6.45, 7) is 0.933. The van der Waals surface area contributed by atoms with Crippen molar-refractivity contribution in [2.45, 2.75) is 18.9 Å². The van der Waals surface area contributed by atoms with Crippen molar-refractivity contribution in [1.82, 2.24) is 9.80 Å². The van der Waals surface area contributed by atoms with E-state index in [4.69, 9.17) is 0 Å². The molecule has 0 spiro atoms. The topological polar surface area (TPSA) is 104 Å². The van der Waals surface area contributed by atoms with Crippen molar-refractivity contribution >= 4 is 29.2 Å². The number of hydrogen-bond donors (Lipinski definition) is 0. The number of anilines is 1. The monoisotopic (exact) mass is 408 g/mol. The van der Waals surface area contributed by atoms with Gasteiger partial charge in [-0.15, -0.1) is 0 Å². The molecular weight excluding hydrogens is 388 g/mol. The predicted molar refractivity (Wildman–Crippen MR) is 108 cm³/mol. The minimum Gasteiger partial charge on any atom is -0.338 e. The molecule has 2 heterocycles. The van der Waals surface area contributed by atoms with E-state index < -0.39 is 4.92 Å². The molecule has 0 radical (unpaired) electrons. The zero-order valence-corrected chi connectivity index (χ0v) is 16.1. The van der Waals surface area contributed by atoms with E-state index in [9.17, 15) is 24.5 Å². The minimum atomic E-state index is -0.507. The Hall–Kier alpha value is -3.75. The molecular formula is C21H20N4O5. The third-order valence-corrected chi connectivity index (χ3v) is 5.52. The van der Waals surface area contributed by atoms with Gasteiger partial charge in [-0.25, -0.2) is 9.69 Å². The van der Waals surface area contributed by atoms with Crippen LogP contribution in [0.3, 0.4) is 0 Å². The molecule has 0 saturated carbocycles. The first-order valence-electron chi connectivity index (χ1n) is 9.68. The summed E-state index contributed by atoms with van der Waals surface area (Å²) in [5.74, 6) is -0.450. The first-order valence-corrected chi connectivity index (χ1v) is 9.68. The quantitative estimate of drug-likeness (QED) is 0.439. The number of nitro benzene ring substituents is 1. The molecule has 9 heteroatoms. The van der Waals surface area contributed by atoms with Crippen molar-refractivity contribution in [2.24, 2.45) is 0 Å². The summed E-state index contributed by atoms with van der Waals surface area (Å²) in [6.07, 6.45) is 1.14. The van der Waals surface area contributed by atoms with Gasteiger partial charge in [-0.3, -0.25) is 19.7 Å². The molecule has 0 atom stereocenters. The Morgan fingerprint density at radius 1 is 0.967 bits per heavy atom. The van der Waals surface area contributed by atoms with Crippen molar-refractivity contribution in [3.05, 3.63) is 70.3 Å². The lowest BCUT2D eigenvalue weighted by molar-refractivity contribution is -0.384. The van der Waals surface area contributed by atoms with Gasteiger partial charge in [0.1, 0.15) is 6.54 Å². The van der Waals surface area contributed by atoms with Crippen LogP contribution in [0.5, 0.6) is 0 Å². The number of para-hydroxylation sites is 1. The SMILES string of the molecule is O=C(c1ccc([N+](=O)[O-])cc1)N1CCC(N2CC(=O)N(c3ccccc3)C2=O)CC1. The summed E-state index contributed by atoms with van der Waals surface area (Å²) in [5, 5.41) is 10.8. The molecule has 2 aromatic carbocycles. The van der Waals surface area contributed by atoms with Gasteiger partial charge in [0, 0.05) is 36.8 Å². The Morgan fingerprint density at radius 2 is 1.60 bits per heavy atom. The molecule has 2 fully saturated rings. The summed E-state index contributed by atoms with van der Waals surface area (Å²) in [7, 11) is 0. The third-order valence-electron chi connectivity index (χ3n) is 5.52. The van der Waals surface area contributed by atoms with Crippen LogP contribution in [0.2, 0.25) is 0 Å². The molecule has 2 aliphatic rings. The highest BCUT2D eigenvalue weighted by Crippen LogP contribution is 2.27. The van der Waals surface area contributed by atoms with Crippen molar-refractivity contribution in [2.75, 3.05) is 24.5 Å². The molecule has 4 rings (SSSR count). The summed E-state index contributed by atoms with van der Waals surface area (Å²) >= 11 is 0. The van der Waals surface area contributed by atoms with Gasteiger partial charge in [0.25, 0.3) is 17.5 Å². The van der Waals surface area contributed by atoms with Crippen molar-refractivity contribution in [1.29, 1.82) is 0 Å². The van der Waals surface area contributed by atoms with Gasteiger partial charge in [0.15, 0.2) is 0 Å². The van der Waals surface area contributed by atoms with Crippen LogP contribution in [0.4, 0.5) is 16.2 Å². The second-order valence-corrected chi connectivity index (χ2v) is 7.30. The maximum absolute atomic E-state index is 12.8. The molecule has 0 bridgehead atoms. The van der Waals surface area contributed by atoms with E-state index in [0.29, 0.717) is 37.2 Å². The molecule has 0 unspecified atom stereocenters. The summed E-state index contributed by atoms with van der Waals surface area (Å²) in [5.41, 5.74) is 0.882. The number of urea groups is 1. The van der Waals surface area contributed by atoms with Crippen LogP contribution in [-0.4, -0.2) is 58.2 Å². The number of benzene rings is 2. The van der Waals surface area contributed by atoms with Crippen LogP contribution >= 0.6 is 0 Å².